The van der Waals surface area contributed by atoms with Crippen LogP contribution < -0.4 is 0 Å². The number of fused-ring (bicyclic) bond motifs is 5. The van der Waals surface area contributed by atoms with E-state index in [1.807, 2.05) is 0 Å². The lowest BCUT2D eigenvalue weighted by Gasteiger charge is -2.64. The van der Waals surface area contributed by atoms with E-state index in [4.69, 9.17) is 0 Å². The molecule has 0 bridgehead atoms. The van der Waals surface area contributed by atoms with Gasteiger partial charge in [0, 0.05) is 0 Å². The largest absolute Gasteiger partial charge is 0.726 e. The average Bonchev–Trinajstić information content (AvgIpc) is 3.06. The molecule has 4 aliphatic carbocycles. The highest BCUT2D eigenvalue weighted by Gasteiger charge is 2.64. The standard InChI is InChI=1S/C25H44O6S/c1-5-17-21-14-16(26)8-11-25(21,4)20-9-12-24(3)18(6-7-19(24)22(20)23(17)27)15(2)10-13-31-32(28,29)30/h15-23,26-27H,5-14H2,1-4H3,(H,28,29,30)/p-1/t15-,16-,17-,18-,19?,20?,21+,22?,23-,24-,25-/m1/s1. The van der Waals surface area contributed by atoms with E-state index in [2.05, 4.69) is 31.9 Å². The first-order valence-electron chi connectivity index (χ1n) is 12.9. The zero-order valence-electron chi connectivity index (χ0n) is 20.2. The minimum atomic E-state index is -4.64. The molecule has 0 heterocycles. The monoisotopic (exact) mass is 471 g/mol. The smallest absolute Gasteiger partial charge is 0.217 e. The van der Waals surface area contributed by atoms with E-state index in [0.29, 0.717) is 36.0 Å². The zero-order valence-corrected chi connectivity index (χ0v) is 21.0. The van der Waals surface area contributed by atoms with Gasteiger partial charge < -0.3 is 14.8 Å². The second-order valence-corrected chi connectivity index (χ2v) is 13.2. The van der Waals surface area contributed by atoms with Gasteiger partial charge in [-0.05, 0) is 104 Å². The third-order valence-electron chi connectivity index (χ3n) is 11.0. The van der Waals surface area contributed by atoms with Crippen molar-refractivity contribution < 1.29 is 27.4 Å². The Morgan fingerprint density at radius 1 is 1.03 bits per heavy atom. The van der Waals surface area contributed by atoms with Crippen LogP contribution in [0.3, 0.4) is 0 Å². The van der Waals surface area contributed by atoms with Crippen LogP contribution in [0.1, 0.15) is 85.5 Å². The number of aliphatic hydroxyl groups excluding tert-OH is 2. The maximum atomic E-state index is 11.7. The molecule has 186 valence electrons. The van der Waals surface area contributed by atoms with E-state index < -0.39 is 10.4 Å². The van der Waals surface area contributed by atoms with Crippen LogP contribution in [-0.4, -0.2) is 42.0 Å². The summed E-state index contributed by atoms with van der Waals surface area (Å²) >= 11 is 0. The summed E-state index contributed by atoms with van der Waals surface area (Å²) in [6, 6.07) is 0. The molecule has 0 aromatic carbocycles. The minimum Gasteiger partial charge on any atom is -0.726 e. The number of hydrogen-bond acceptors (Lipinski definition) is 6. The lowest BCUT2D eigenvalue weighted by molar-refractivity contribution is -0.203. The summed E-state index contributed by atoms with van der Waals surface area (Å²) in [4.78, 5) is 0. The van der Waals surface area contributed by atoms with E-state index in [1.54, 1.807) is 0 Å². The Kier molecular flexibility index (Phi) is 6.83. The first-order chi connectivity index (χ1) is 14.9. The van der Waals surface area contributed by atoms with Crippen LogP contribution in [0.15, 0.2) is 0 Å². The van der Waals surface area contributed by atoms with Gasteiger partial charge in [-0.25, -0.2) is 8.42 Å². The summed E-state index contributed by atoms with van der Waals surface area (Å²) in [6.45, 7) is 9.17. The highest BCUT2D eigenvalue weighted by molar-refractivity contribution is 7.80. The minimum absolute atomic E-state index is 0.0427. The number of hydrogen-bond donors (Lipinski definition) is 2. The fraction of sp³-hybridized carbons (Fsp3) is 1.00. The molecule has 3 unspecified atom stereocenters. The molecule has 7 heteroatoms. The molecule has 2 N–H and O–H groups in total. The lowest BCUT2D eigenvalue weighted by atomic mass is 9.41. The van der Waals surface area contributed by atoms with Gasteiger partial charge in [-0.1, -0.05) is 34.1 Å². The molecule has 6 nitrogen and oxygen atoms in total. The molecule has 0 amide bonds. The normalized spacial score (nSPS) is 49.7. The highest BCUT2D eigenvalue weighted by atomic mass is 32.3. The Morgan fingerprint density at radius 3 is 2.34 bits per heavy atom. The fourth-order valence-electron chi connectivity index (χ4n) is 9.47. The Bertz CT molecular complexity index is 785. The van der Waals surface area contributed by atoms with Gasteiger partial charge in [0.25, 0.3) is 0 Å². The first-order valence-corrected chi connectivity index (χ1v) is 14.2. The summed E-state index contributed by atoms with van der Waals surface area (Å²) in [7, 11) is -4.64. The number of aliphatic hydroxyl groups is 2. The van der Waals surface area contributed by atoms with Crippen molar-refractivity contribution in [3.63, 3.8) is 0 Å². The maximum absolute atomic E-state index is 11.7. The van der Waals surface area contributed by atoms with E-state index >= 15 is 0 Å². The lowest BCUT2D eigenvalue weighted by Crippen LogP contribution is -2.62. The van der Waals surface area contributed by atoms with Crippen molar-refractivity contribution in [2.45, 2.75) is 97.7 Å². The van der Waals surface area contributed by atoms with Crippen LogP contribution in [0, 0.1) is 52.3 Å². The molecular weight excluding hydrogens is 428 g/mol. The van der Waals surface area contributed by atoms with Crippen molar-refractivity contribution in [3.8, 4) is 0 Å². The zero-order chi connectivity index (χ0) is 23.5. The Balaban J connectivity index is 1.56. The quantitative estimate of drug-likeness (QED) is 0.446. The average molecular weight is 472 g/mol. The molecule has 32 heavy (non-hydrogen) atoms. The molecule has 4 saturated carbocycles. The molecule has 11 atom stereocenters. The van der Waals surface area contributed by atoms with Crippen LogP contribution >= 0.6 is 0 Å². The van der Waals surface area contributed by atoms with Crippen LogP contribution in [-0.2, 0) is 14.6 Å². The fourth-order valence-corrected chi connectivity index (χ4v) is 9.77. The van der Waals surface area contributed by atoms with E-state index in [-0.39, 0.29) is 41.5 Å². The molecule has 0 aromatic heterocycles. The first kappa shape index (κ1) is 24.9. The van der Waals surface area contributed by atoms with Gasteiger partial charge in [-0.15, -0.1) is 0 Å². The third-order valence-corrected chi connectivity index (χ3v) is 11.4. The van der Waals surface area contributed by atoms with Crippen LogP contribution in [0.5, 0.6) is 0 Å². The molecule has 0 aromatic rings. The molecule has 4 rings (SSSR count). The van der Waals surface area contributed by atoms with Crippen LogP contribution in [0.4, 0.5) is 0 Å². The summed E-state index contributed by atoms with van der Waals surface area (Å²) in [5.74, 6) is 2.69. The summed E-state index contributed by atoms with van der Waals surface area (Å²) in [5, 5.41) is 22.1. The molecule has 0 saturated heterocycles. The van der Waals surface area contributed by atoms with Crippen molar-refractivity contribution in [2.75, 3.05) is 6.61 Å². The van der Waals surface area contributed by atoms with Crippen molar-refractivity contribution >= 4 is 10.4 Å². The van der Waals surface area contributed by atoms with Crippen molar-refractivity contribution in [3.05, 3.63) is 0 Å². The van der Waals surface area contributed by atoms with Crippen molar-refractivity contribution in [1.82, 2.24) is 0 Å². The topological polar surface area (TPSA) is 107 Å². The Labute approximate surface area is 194 Å². The summed E-state index contributed by atoms with van der Waals surface area (Å²) in [6.07, 6.45) is 8.26. The highest BCUT2D eigenvalue weighted by Crippen LogP contribution is 2.69. The summed E-state index contributed by atoms with van der Waals surface area (Å²) in [5.41, 5.74) is 0.332. The maximum Gasteiger partial charge on any atom is 0.217 e. The molecular formula is C25H43O6S-. The second kappa shape index (κ2) is 8.78. The van der Waals surface area contributed by atoms with Crippen LogP contribution in [0.2, 0.25) is 0 Å². The second-order valence-electron chi connectivity index (χ2n) is 12.1. The van der Waals surface area contributed by atoms with E-state index in [0.717, 1.165) is 51.4 Å². The van der Waals surface area contributed by atoms with Gasteiger partial charge in [-0.2, -0.15) is 0 Å². The Morgan fingerprint density at radius 2 is 1.69 bits per heavy atom. The Hall–Kier alpha value is -0.210. The van der Waals surface area contributed by atoms with Crippen molar-refractivity contribution in [1.29, 1.82) is 0 Å². The van der Waals surface area contributed by atoms with Gasteiger partial charge in [-0.3, -0.25) is 4.18 Å². The number of rotatable bonds is 6. The SMILES string of the molecule is CC[C@H]1[C@@H](O)C2C3CC[C@H]([C@H](C)CCOS(=O)(=O)[O-])[C@@]3(C)CCC2[C@@]2(C)CC[C@@H](O)C[C@@H]12. The van der Waals surface area contributed by atoms with Gasteiger partial charge in [0.1, 0.15) is 0 Å². The van der Waals surface area contributed by atoms with Gasteiger partial charge >= 0.3 is 0 Å². The van der Waals surface area contributed by atoms with Crippen molar-refractivity contribution in [2.24, 2.45) is 52.3 Å². The molecule has 4 aliphatic rings. The molecule has 0 spiro atoms. The van der Waals surface area contributed by atoms with E-state index in [9.17, 15) is 23.2 Å². The van der Waals surface area contributed by atoms with Gasteiger partial charge in [0.2, 0.25) is 10.4 Å². The van der Waals surface area contributed by atoms with Gasteiger partial charge in [0.05, 0.1) is 18.8 Å². The van der Waals surface area contributed by atoms with E-state index in [1.165, 1.54) is 0 Å². The predicted molar refractivity (Wildman–Crippen MR) is 121 cm³/mol. The molecule has 0 aliphatic heterocycles. The summed E-state index contributed by atoms with van der Waals surface area (Å²) < 4.78 is 37.0. The predicted octanol–water partition coefficient (Wildman–Crippen LogP) is 4.12. The molecule has 0 radical (unpaired) electrons. The van der Waals surface area contributed by atoms with Gasteiger partial charge in [0.15, 0.2) is 0 Å². The van der Waals surface area contributed by atoms with Crippen LogP contribution in [0.25, 0.3) is 0 Å². The third kappa shape index (κ3) is 4.08. The molecule has 4 fully saturated rings.